The third-order valence-electron chi connectivity index (χ3n) is 6.37. The van der Waals surface area contributed by atoms with Crippen molar-refractivity contribution in [1.29, 1.82) is 0 Å². The minimum absolute atomic E-state index is 0.0931. The SMILES string of the molecule is CCN(CC)CCN1CCCc2[nH]c(C=C3C(=O)Nc4cccc(Br)c43)c(C)c2C1=O. The first-order valence-electron chi connectivity index (χ1n) is 11.0. The molecule has 2 aliphatic rings. The van der Waals surface area contributed by atoms with E-state index < -0.39 is 0 Å². The van der Waals surface area contributed by atoms with Gasteiger partial charge in [-0.15, -0.1) is 0 Å². The summed E-state index contributed by atoms with van der Waals surface area (Å²) < 4.78 is 0.874. The summed E-state index contributed by atoms with van der Waals surface area (Å²) in [6.45, 7) is 10.7. The number of likely N-dealkylation sites (N-methyl/N-ethyl adjacent to an activating group) is 1. The van der Waals surface area contributed by atoms with E-state index in [4.69, 9.17) is 0 Å². The summed E-state index contributed by atoms with van der Waals surface area (Å²) in [6.07, 6.45) is 3.64. The van der Waals surface area contributed by atoms with Crippen LogP contribution in [0.15, 0.2) is 22.7 Å². The zero-order valence-corrected chi connectivity index (χ0v) is 19.9. The summed E-state index contributed by atoms with van der Waals surface area (Å²) in [5, 5.41) is 2.92. The van der Waals surface area contributed by atoms with E-state index in [1.807, 2.05) is 36.1 Å². The number of amides is 2. The molecule has 6 nitrogen and oxygen atoms in total. The van der Waals surface area contributed by atoms with E-state index in [9.17, 15) is 9.59 Å². The van der Waals surface area contributed by atoms with Crippen LogP contribution < -0.4 is 5.32 Å². The zero-order chi connectivity index (χ0) is 22.1. The van der Waals surface area contributed by atoms with E-state index in [-0.39, 0.29) is 11.8 Å². The lowest BCUT2D eigenvalue weighted by molar-refractivity contribution is -0.110. The second kappa shape index (κ2) is 9.01. The standard InChI is InChI=1S/C24H29BrN4O2/c1-4-28(5-2)12-13-29-11-7-10-18-21(24(29)31)15(3)20(26-18)14-16-22-17(25)8-6-9-19(22)27-23(16)30/h6,8-9,14,26H,4-5,7,10-13H2,1-3H3,(H,27,30). The van der Waals surface area contributed by atoms with E-state index >= 15 is 0 Å². The van der Waals surface area contributed by atoms with E-state index in [0.717, 1.165) is 83.8 Å². The molecule has 0 atom stereocenters. The molecule has 0 unspecified atom stereocenters. The van der Waals surface area contributed by atoms with Crippen molar-refractivity contribution in [3.8, 4) is 0 Å². The summed E-state index contributed by atoms with van der Waals surface area (Å²) in [4.78, 5) is 33.8. The fourth-order valence-corrected chi connectivity index (χ4v) is 5.09. The molecule has 164 valence electrons. The van der Waals surface area contributed by atoms with Crippen LogP contribution in [0.1, 0.15) is 53.1 Å². The van der Waals surface area contributed by atoms with Gasteiger partial charge in [-0.25, -0.2) is 0 Å². The Morgan fingerprint density at radius 1 is 1.19 bits per heavy atom. The summed E-state index contributed by atoms with van der Waals surface area (Å²) in [6, 6.07) is 5.73. The van der Waals surface area contributed by atoms with Crippen molar-refractivity contribution in [3.63, 3.8) is 0 Å². The van der Waals surface area contributed by atoms with Crippen LogP contribution >= 0.6 is 15.9 Å². The summed E-state index contributed by atoms with van der Waals surface area (Å²) in [5.41, 5.74) is 5.76. The fraction of sp³-hybridized carbons (Fsp3) is 0.417. The summed E-state index contributed by atoms with van der Waals surface area (Å²) >= 11 is 3.56. The minimum atomic E-state index is -0.127. The quantitative estimate of drug-likeness (QED) is 0.600. The Morgan fingerprint density at radius 3 is 2.71 bits per heavy atom. The molecule has 0 aliphatic carbocycles. The topological polar surface area (TPSA) is 68.4 Å². The molecule has 2 aliphatic heterocycles. The van der Waals surface area contributed by atoms with Gasteiger partial charge in [0.2, 0.25) is 0 Å². The predicted octanol–water partition coefficient (Wildman–Crippen LogP) is 4.31. The van der Waals surface area contributed by atoms with Gasteiger partial charge in [0.05, 0.1) is 16.8 Å². The van der Waals surface area contributed by atoms with E-state index in [1.54, 1.807) is 0 Å². The molecule has 0 fully saturated rings. The number of carbonyl (C=O) groups excluding carboxylic acids is 2. The lowest BCUT2D eigenvalue weighted by Gasteiger charge is -2.25. The number of fused-ring (bicyclic) bond motifs is 2. The molecule has 2 amide bonds. The number of carbonyl (C=O) groups is 2. The van der Waals surface area contributed by atoms with Crippen molar-refractivity contribution >= 4 is 45.1 Å². The number of rotatable bonds is 6. The van der Waals surface area contributed by atoms with Crippen LogP contribution in [0.25, 0.3) is 11.6 Å². The Kier molecular flexibility index (Phi) is 6.34. The number of halogens is 1. The average Bonchev–Trinajstić information content (AvgIpc) is 3.18. The van der Waals surface area contributed by atoms with Gasteiger partial charge in [-0.05, 0) is 56.6 Å². The largest absolute Gasteiger partial charge is 0.358 e. The lowest BCUT2D eigenvalue weighted by Crippen LogP contribution is -2.38. The molecule has 1 aromatic carbocycles. The Hall–Kier alpha value is -2.38. The third kappa shape index (κ3) is 4.08. The number of nitrogens with zero attached hydrogens (tertiary/aromatic N) is 2. The second-order valence-electron chi connectivity index (χ2n) is 8.11. The van der Waals surface area contributed by atoms with Crippen LogP contribution in [0, 0.1) is 6.92 Å². The molecule has 0 radical (unpaired) electrons. The summed E-state index contributed by atoms with van der Waals surface area (Å²) in [5.74, 6) is -0.0335. The molecule has 0 spiro atoms. The molecule has 1 aromatic heterocycles. The van der Waals surface area contributed by atoms with Crippen LogP contribution in [0.4, 0.5) is 5.69 Å². The van der Waals surface area contributed by atoms with Crippen LogP contribution in [-0.4, -0.2) is 59.3 Å². The van der Waals surface area contributed by atoms with Gasteiger partial charge in [-0.2, -0.15) is 0 Å². The maximum Gasteiger partial charge on any atom is 0.256 e. The highest BCUT2D eigenvalue weighted by atomic mass is 79.9. The molecule has 31 heavy (non-hydrogen) atoms. The highest BCUT2D eigenvalue weighted by Gasteiger charge is 2.30. The Morgan fingerprint density at radius 2 is 1.97 bits per heavy atom. The first-order chi connectivity index (χ1) is 14.9. The maximum absolute atomic E-state index is 13.4. The fourth-order valence-electron chi connectivity index (χ4n) is 4.51. The number of nitrogens with one attached hydrogen (secondary N) is 2. The van der Waals surface area contributed by atoms with Gasteiger partial charge in [-0.3, -0.25) is 9.59 Å². The lowest BCUT2D eigenvalue weighted by atomic mass is 10.0. The average molecular weight is 485 g/mol. The van der Waals surface area contributed by atoms with Crippen molar-refractivity contribution in [1.82, 2.24) is 14.8 Å². The highest BCUT2D eigenvalue weighted by molar-refractivity contribution is 9.10. The number of aromatic nitrogens is 1. The van der Waals surface area contributed by atoms with Gasteiger partial charge >= 0.3 is 0 Å². The first kappa shape index (κ1) is 21.8. The predicted molar refractivity (Wildman–Crippen MR) is 128 cm³/mol. The molecule has 4 rings (SSSR count). The smallest absolute Gasteiger partial charge is 0.256 e. The van der Waals surface area contributed by atoms with Crippen LogP contribution in [0.2, 0.25) is 0 Å². The van der Waals surface area contributed by atoms with E-state index in [1.165, 1.54) is 0 Å². The van der Waals surface area contributed by atoms with Crippen LogP contribution in [0.3, 0.4) is 0 Å². The monoisotopic (exact) mass is 484 g/mol. The van der Waals surface area contributed by atoms with Gasteiger partial charge in [0, 0.05) is 41.1 Å². The van der Waals surface area contributed by atoms with Gasteiger partial charge in [0.15, 0.2) is 0 Å². The molecule has 7 heteroatoms. The van der Waals surface area contributed by atoms with Crippen LogP contribution in [-0.2, 0) is 11.2 Å². The van der Waals surface area contributed by atoms with E-state index in [0.29, 0.717) is 5.57 Å². The molecular formula is C24H29BrN4O2. The second-order valence-corrected chi connectivity index (χ2v) is 8.97. The Balaban J connectivity index is 1.66. The number of benzene rings is 1. The summed E-state index contributed by atoms with van der Waals surface area (Å²) in [7, 11) is 0. The first-order valence-corrected chi connectivity index (χ1v) is 11.8. The molecule has 2 aromatic rings. The number of anilines is 1. The minimum Gasteiger partial charge on any atom is -0.358 e. The molecule has 2 N–H and O–H groups in total. The van der Waals surface area contributed by atoms with Gasteiger partial charge in [0.1, 0.15) is 0 Å². The van der Waals surface area contributed by atoms with Gasteiger partial charge in [-0.1, -0.05) is 35.8 Å². The van der Waals surface area contributed by atoms with Crippen molar-refractivity contribution < 1.29 is 9.59 Å². The van der Waals surface area contributed by atoms with Crippen molar-refractivity contribution in [2.75, 3.05) is 38.0 Å². The van der Waals surface area contributed by atoms with Crippen molar-refractivity contribution in [2.24, 2.45) is 0 Å². The third-order valence-corrected chi connectivity index (χ3v) is 7.03. The maximum atomic E-state index is 13.4. The van der Waals surface area contributed by atoms with E-state index in [2.05, 4.69) is 45.0 Å². The van der Waals surface area contributed by atoms with Gasteiger partial charge in [0.25, 0.3) is 11.8 Å². The number of H-pyrrole nitrogens is 1. The molecule has 0 bridgehead atoms. The number of aromatic amines is 1. The molecule has 3 heterocycles. The number of aryl methyl sites for hydroxylation is 1. The molecular weight excluding hydrogens is 456 g/mol. The Labute approximate surface area is 191 Å². The van der Waals surface area contributed by atoms with Crippen LogP contribution in [0.5, 0.6) is 0 Å². The Bertz CT molecular complexity index is 1050. The molecule has 0 saturated carbocycles. The van der Waals surface area contributed by atoms with Crippen molar-refractivity contribution in [2.45, 2.75) is 33.6 Å². The number of hydrogen-bond acceptors (Lipinski definition) is 3. The zero-order valence-electron chi connectivity index (χ0n) is 18.3. The highest BCUT2D eigenvalue weighted by Crippen LogP contribution is 2.39. The normalized spacial score (nSPS) is 17.2. The number of hydrogen-bond donors (Lipinski definition) is 2. The molecule has 0 saturated heterocycles. The van der Waals surface area contributed by atoms with Gasteiger partial charge < -0.3 is 20.1 Å². The van der Waals surface area contributed by atoms with Crippen molar-refractivity contribution in [3.05, 3.63) is 50.8 Å².